The number of halogens is 1. The topological polar surface area (TPSA) is 64.1 Å². The molecule has 1 fully saturated rings. The SMILES string of the molecule is CCNC(=NCc1ccc(F)c(C)c1)NCC1(c2ccc3c(c2)OCO3)CCOCC1. The zero-order chi connectivity index (χ0) is 21.7. The van der Waals surface area contributed by atoms with E-state index < -0.39 is 0 Å². The third-order valence-electron chi connectivity index (χ3n) is 6.02. The summed E-state index contributed by atoms with van der Waals surface area (Å²) in [6.45, 7) is 7.49. The zero-order valence-corrected chi connectivity index (χ0v) is 18.2. The summed E-state index contributed by atoms with van der Waals surface area (Å²) < 4.78 is 30.3. The fourth-order valence-corrected chi connectivity index (χ4v) is 4.13. The molecule has 0 aliphatic carbocycles. The number of hydrogen-bond donors (Lipinski definition) is 2. The number of hydrogen-bond acceptors (Lipinski definition) is 4. The van der Waals surface area contributed by atoms with Crippen LogP contribution in [-0.4, -0.2) is 39.1 Å². The molecule has 2 aromatic carbocycles. The number of aliphatic imine (C=N–C) groups is 1. The maximum atomic E-state index is 13.5. The van der Waals surface area contributed by atoms with Crippen LogP contribution >= 0.6 is 0 Å². The van der Waals surface area contributed by atoms with Crippen molar-refractivity contribution in [3.63, 3.8) is 0 Å². The Kier molecular flexibility index (Phi) is 6.61. The van der Waals surface area contributed by atoms with Crippen molar-refractivity contribution in [2.75, 3.05) is 33.1 Å². The summed E-state index contributed by atoms with van der Waals surface area (Å²) in [6.07, 6.45) is 1.83. The number of benzene rings is 2. The van der Waals surface area contributed by atoms with E-state index >= 15 is 0 Å². The van der Waals surface area contributed by atoms with E-state index in [1.54, 1.807) is 13.0 Å². The third-order valence-corrected chi connectivity index (χ3v) is 6.02. The van der Waals surface area contributed by atoms with Crippen molar-refractivity contribution < 1.29 is 18.6 Å². The molecule has 2 heterocycles. The highest BCUT2D eigenvalue weighted by Crippen LogP contribution is 2.40. The molecule has 0 radical (unpaired) electrons. The number of nitrogens with zero attached hydrogens (tertiary/aromatic N) is 1. The van der Waals surface area contributed by atoms with Crippen LogP contribution in [0.25, 0.3) is 0 Å². The Bertz CT molecular complexity index is 942. The van der Waals surface area contributed by atoms with Crippen LogP contribution in [0.15, 0.2) is 41.4 Å². The second-order valence-corrected chi connectivity index (χ2v) is 8.09. The molecule has 7 heteroatoms. The molecule has 2 aliphatic heterocycles. The Balaban J connectivity index is 1.51. The van der Waals surface area contributed by atoms with E-state index in [0.717, 1.165) is 62.2 Å². The number of fused-ring (bicyclic) bond motifs is 1. The van der Waals surface area contributed by atoms with Gasteiger partial charge in [-0.1, -0.05) is 18.2 Å². The molecule has 2 aliphatic rings. The van der Waals surface area contributed by atoms with Crippen LogP contribution in [0.2, 0.25) is 0 Å². The second kappa shape index (κ2) is 9.56. The minimum atomic E-state index is -0.192. The lowest BCUT2D eigenvalue weighted by Crippen LogP contribution is -2.48. The minimum Gasteiger partial charge on any atom is -0.454 e. The van der Waals surface area contributed by atoms with Crippen LogP contribution < -0.4 is 20.1 Å². The van der Waals surface area contributed by atoms with Gasteiger partial charge in [-0.05, 0) is 61.6 Å². The summed E-state index contributed by atoms with van der Waals surface area (Å²) >= 11 is 0. The molecule has 0 aromatic heterocycles. The van der Waals surface area contributed by atoms with Gasteiger partial charge in [0.15, 0.2) is 17.5 Å². The lowest BCUT2D eigenvalue weighted by molar-refractivity contribution is 0.0513. The summed E-state index contributed by atoms with van der Waals surface area (Å²) in [5.41, 5.74) is 2.75. The van der Waals surface area contributed by atoms with Gasteiger partial charge in [0, 0.05) is 31.7 Å². The fourth-order valence-electron chi connectivity index (χ4n) is 4.13. The molecule has 2 aromatic rings. The molecule has 0 amide bonds. The van der Waals surface area contributed by atoms with Crippen molar-refractivity contribution in [1.29, 1.82) is 0 Å². The third kappa shape index (κ3) is 4.93. The molecular formula is C24H30FN3O3. The molecule has 31 heavy (non-hydrogen) atoms. The summed E-state index contributed by atoms with van der Waals surface area (Å²) in [5.74, 6) is 2.15. The maximum Gasteiger partial charge on any atom is 0.231 e. The van der Waals surface area contributed by atoms with E-state index in [1.807, 2.05) is 19.1 Å². The van der Waals surface area contributed by atoms with E-state index in [2.05, 4.69) is 22.8 Å². The van der Waals surface area contributed by atoms with E-state index in [4.69, 9.17) is 19.2 Å². The lowest BCUT2D eigenvalue weighted by atomic mass is 9.74. The van der Waals surface area contributed by atoms with Gasteiger partial charge in [-0.15, -0.1) is 0 Å². The highest BCUT2D eigenvalue weighted by Gasteiger charge is 2.35. The average Bonchev–Trinajstić information content (AvgIpc) is 3.26. The first-order valence-corrected chi connectivity index (χ1v) is 10.8. The first kappa shape index (κ1) is 21.4. The van der Waals surface area contributed by atoms with Gasteiger partial charge in [0.05, 0.1) is 6.54 Å². The maximum absolute atomic E-state index is 13.5. The summed E-state index contributed by atoms with van der Waals surface area (Å²) in [5, 5.41) is 6.85. The largest absolute Gasteiger partial charge is 0.454 e. The van der Waals surface area contributed by atoms with Crippen LogP contribution in [0.1, 0.15) is 36.5 Å². The molecule has 1 saturated heterocycles. The fraction of sp³-hybridized carbons (Fsp3) is 0.458. The van der Waals surface area contributed by atoms with Gasteiger partial charge in [0.25, 0.3) is 0 Å². The van der Waals surface area contributed by atoms with E-state index in [9.17, 15) is 4.39 Å². The van der Waals surface area contributed by atoms with Gasteiger partial charge >= 0.3 is 0 Å². The molecule has 0 spiro atoms. The Morgan fingerprint density at radius 2 is 1.87 bits per heavy atom. The normalized spacial score (nSPS) is 17.5. The van der Waals surface area contributed by atoms with Crippen LogP contribution in [0, 0.1) is 12.7 Å². The second-order valence-electron chi connectivity index (χ2n) is 8.09. The predicted molar refractivity (Wildman–Crippen MR) is 118 cm³/mol. The Morgan fingerprint density at radius 1 is 1.06 bits per heavy atom. The number of guanidine groups is 1. The van der Waals surface area contributed by atoms with Gasteiger partial charge in [-0.25, -0.2) is 9.38 Å². The highest BCUT2D eigenvalue weighted by molar-refractivity contribution is 5.79. The number of nitrogens with one attached hydrogen (secondary N) is 2. The van der Waals surface area contributed by atoms with Crippen molar-refractivity contribution in [3.8, 4) is 11.5 Å². The number of ether oxygens (including phenoxy) is 3. The van der Waals surface area contributed by atoms with Crippen molar-refractivity contribution in [2.24, 2.45) is 4.99 Å². The van der Waals surface area contributed by atoms with Crippen molar-refractivity contribution in [2.45, 2.75) is 38.6 Å². The average molecular weight is 428 g/mol. The minimum absolute atomic E-state index is 0.0815. The summed E-state index contributed by atoms with van der Waals surface area (Å²) in [4.78, 5) is 4.72. The summed E-state index contributed by atoms with van der Waals surface area (Å²) in [6, 6.07) is 11.3. The lowest BCUT2D eigenvalue weighted by Gasteiger charge is -2.38. The first-order valence-electron chi connectivity index (χ1n) is 10.8. The molecular weight excluding hydrogens is 397 g/mol. The Labute approximate surface area is 182 Å². The number of rotatable bonds is 6. The molecule has 0 bridgehead atoms. The number of aryl methyl sites for hydroxylation is 1. The predicted octanol–water partition coefficient (Wildman–Crippen LogP) is 3.67. The molecule has 0 saturated carbocycles. The first-order chi connectivity index (χ1) is 15.1. The highest BCUT2D eigenvalue weighted by atomic mass is 19.1. The van der Waals surface area contributed by atoms with Gasteiger partial charge in [-0.3, -0.25) is 0 Å². The Morgan fingerprint density at radius 3 is 2.65 bits per heavy atom. The molecule has 0 atom stereocenters. The van der Waals surface area contributed by atoms with Crippen molar-refractivity contribution in [3.05, 3.63) is 58.9 Å². The monoisotopic (exact) mass is 427 g/mol. The standard InChI is InChI=1S/C24H30FN3O3/c1-3-26-23(27-14-18-4-6-20(25)17(2)12-18)28-15-24(8-10-29-11-9-24)19-5-7-21-22(13-19)31-16-30-21/h4-7,12-13H,3,8-11,14-16H2,1-2H3,(H2,26,27,28). The van der Waals surface area contributed by atoms with Gasteiger partial charge in [0.1, 0.15) is 5.82 Å². The van der Waals surface area contributed by atoms with Crippen molar-refractivity contribution in [1.82, 2.24) is 10.6 Å². The van der Waals surface area contributed by atoms with E-state index in [-0.39, 0.29) is 18.0 Å². The molecule has 2 N–H and O–H groups in total. The van der Waals surface area contributed by atoms with Crippen LogP contribution in [0.5, 0.6) is 11.5 Å². The molecule has 6 nitrogen and oxygen atoms in total. The van der Waals surface area contributed by atoms with Gasteiger partial charge in [0.2, 0.25) is 6.79 Å². The zero-order valence-electron chi connectivity index (χ0n) is 18.2. The summed E-state index contributed by atoms with van der Waals surface area (Å²) in [7, 11) is 0. The van der Waals surface area contributed by atoms with E-state index in [0.29, 0.717) is 12.1 Å². The quantitative estimate of drug-likeness (QED) is 0.544. The smallest absolute Gasteiger partial charge is 0.231 e. The molecule has 4 rings (SSSR count). The van der Waals surface area contributed by atoms with Crippen LogP contribution in [0.3, 0.4) is 0 Å². The molecule has 0 unspecified atom stereocenters. The van der Waals surface area contributed by atoms with Gasteiger partial charge in [-0.2, -0.15) is 0 Å². The van der Waals surface area contributed by atoms with Crippen LogP contribution in [-0.2, 0) is 16.7 Å². The Hall–Kier alpha value is -2.80. The molecule has 166 valence electrons. The van der Waals surface area contributed by atoms with Gasteiger partial charge < -0.3 is 24.8 Å². The van der Waals surface area contributed by atoms with E-state index in [1.165, 1.54) is 11.6 Å². The van der Waals surface area contributed by atoms with Crippen LogP contribution in [0.4, 0.5) is 4.39 Å². The van der Waals surface area contributed by atoms with Crippen molar-refractivity contribution >= 4 is 5.96 Å².